The van der Waals surface area contributed by atoms with Crippen molar-refractivity contribution in [2.24, 2.45) is 0 Å². The van der Waals surface area contributed by atoms with Gasteiger partial charge in [0.15, 0.2) is 11.5 Å². The summed E-state index contributed by atoms with van der Waals surface area (Å²) in [6.07, 6.45) is 2.42. The van der Waals surface area contributed by atoms with Crippen molar-refractivity contribution < 1.29 is 0 Å². The molecular weight excluding hydrogens is 290 g/mol. The number of likely N-dealkylation sites (N-methyl/N-ethyl adjacent to an activating group) is 1. The SMILES string of the molecule is CC(CN1CCN(C)CC1)Nc1ccc2nnc(C3CC3)n2n1. The maximum Gasteiger partial charge on any atom is 0.178 e. The Hall–Kier alpha value is -1.73. The fraction of sp³-hybridized carbons (Fsp3) is 0.688. The predicted molar refractivity (Wildman–Crippen MR) is 89.8 cm³/mol. The van der Waals surface area contributed by atoms with Crippen molar-refractivity contribution in [2.45, 2.75) is 31.7 Å². The Balaban J connectivity index is 1.41. The zero-order valence-corrected chi connectivity index (χ0v) is 13.9. The van der Waals surface area contributed by atoms with Gasteiger partial charge in [0.1, 0.15) is 5.82 Å². The van der Waals surface area contributed by atoms with Gasteiger partial charge < -0.3 is 10.2 Å². The first-order valence-electron chi connectivity index (χ1n) is 8.59. The molecule has 0 spiro atoms. The zero-order valence-electron chi connectivity index (χ0n) is 13.9. The minimum atomic E-state index is 0.365. The molecule has 1 aliphatic carbocycles. The van der Waals surface area contributed by atoms with E-state index in [9.17, 15) is 0 Å². The third-order valence-electron chi connectivity index (χ3n) is 4.75. The second kappa shape index (κ2) is 6.05. The average molecular weight is 315 g/mol. The lowest BCUT2D eigenvalue weighted by molar-refractivity contribution is 0.151. The number of nitrogens with zero attached hydrogens (tertiary/aromatic N) is 6. The van der Waals surface area contributed by atoms with Crippen molar-refractivity contribution >= 4 is 11.5 Å². The lowest BCUT2D eigenvalue weighted by Crippen LogP contribution is -2.47. The van der Waals surface area contributed by atoms with Gasteiger partial charge in [-0.3, -0.25) is 4.90 Å². The summed E-state index contributed by atoms with van der Waals surface area (Å²) < 4.78 is 1.91. The van der Waals surface area contributed by atoms with Gasteiger partial charge in [0.25, 0.3) is 0 Å². The van der Waals surface area contributed by atoms with Gasteiger partial charge in [-0.15, -0.1) is 15.3 Å². The fourth-order valence-electron chi connectivity index (χ4n) is 3.19. The summed E-state index contributed by atoms with van der Waals surface area (Å²) >= 11 is 0. The average Bonchev–Trinajstić information content (AvgIpc) is 3.29. The second-order valence-corrected chi connectivity index (χ2v) is 6.97. The number of hydrogen-bond acceptors (Lipinski definition) is 6. The number of rotatable bonds is 5. The summed E-state index contributed by atoms with van der Waals surface area (Å²) in [5.41, 5.74) is 0.837. The van der Waals surface area contributed by atoms with Crippen molar-refractivity contribution in [1.82, 2.24) is 29.6 Å². The first-order valence-corrected chi connectivity index (χ1v) is 8.59. The number of fused-ring (bicyclic) bond motifs is 1. The molecular formula is C16H25N7. The Morgan fingerprint density at radius 2 is 1.96 bits per heavy atom. The number of nitrogens with one attached hydrogen (secondary N) is 1. The highest BCUT2D eigenvalue weighted by Crippen LogP contribution is 2.38. The largest absolute Gasteiger partial charge is 0.365 e. The molecule has 1 N–H and O–H groups in total. The van der Waals surface area contributed by atoms with Gasteiger partial charge >= 0.3 is 0 Å². The van der Waals surface area contributed by atoms with Gasteiger partial charge in [0, 0.05) is 44.7 Å². The highest BCUT2D eigenvalue weighted by atomic mass is 15.4. The molecule has 2 aromatic heterocycles. The van der Waals surface area contributed by atoms with Crippen LogP contribution in [0.5, 0.6) is 0 Å². The third-order valence-corrected chi connectivity index (χ3v) is 4.75. The molecule has 2 aromatic rings. The topological polar surface area (TPSA) is 61.6 Å². The second-order valence-electron chi connectivity index (χ2n) is 6.97. The molecule has 1 saturated heterocycles. The summed E-state index contributed by atoms with van der Waals surface area (Å²) in [6, 6.07) is 4.36. The van der Waals surface area contributed by atoms with Crippen LogP contribution in [0.15, 0.2) is 12.1 Å². The first-order chi connectivity index (χ1) is 11.2. The minimum absolute atomic E-state index is 0.365. The van der Waals surface area contributed by atoms with E-state index in [2.05, 4.69) is 39.3 Å². The molecule has 7 heteroatoms. The Kier molecular flexibility index (Phi) is 3.90. The van der Waals surface area contributed by atoms with Gasteiger partial charge in [-0.1, -0.05) is 0 Å². The lowest BCUT2D eigenvalue weighted by Gasteiger charge is -2.34. The van der Waals surface area contributed by atoms with E-state index in [0.29, 0.717) is 12.0 Å². The molecule has 3 heterocycles. The van der Waals surface area contributed by atoms with E-state index in [0.717, 1.165) is 50.0 Å². The molecule has 4 rings (SSSR count). The number of piperazine rings is 1. The molecule has 0 amide bonds. The van der Waals surface area contributed by atoms with E-state index in [-0.39, 0.29) is 0 Å². The van der Waals surface area contributed by atoms with Crippen molar-refractivity contribution in [1.29, 1.82) is 0 Å². The number of hydrogen-bond donors (Lipinski definition) is 1. The molecule has 7 nitrogen and oxygen atoms in total. The maximum absolute atomic E-state index is 4.70. The number of aromatic nitrogens is 4. The summed E-state index contributed by atoms with van der Waals surface area (Å²) in [7, 11) is 2.19. The van der Waals surface area contributed by atoms with E-state index in [1.165, 1.54) is 12.8 Å². The summed E-state index contributed by atoms with van der Waals surface area (Å²) in [4.78, 5) is 4.90. The molecule has 1 saturated carbocycles. The molecule has 0 radical (unpaired) electrons. The molecule has 2 fully saturated rings. The zero-order chi connectivity index (χ0) is 15.8. The molecule has 124 valence electrons. The van der Waals surface area contributed by atoms with Gasteiger partial charge in [-0.2, -0.15) is 4.52 Å². The Labute approximate surface area is 136 Å². The van der Waals surface area contributed by atoms with Crippen LogP contribution in [-0.4, -0.2) is 75.4 Å². The van der Waals surface area contributed by atoms with Crippen LogP contribution < -0.4 is 5.32 Å². The van der Waals surface area contributed by atoms with Crippen molar-refractivity contribution in [3.63, 3.8) is 0 Å². The van der Waals surface area contributed by atoms with E-state index in [1.807, 2.05) is 16.6 Å². The van der Waals surface area contributed by atoms with Gasteiger partial charge in [-0.25, -0.2) is 0 Å². The Bertz CT molecular complexity index is 670. The molecule has 0 bridgehead atoms. The molecule has 1 unspecified atom stereocenters. The van der Waals surface area contributed by atoms with E-state index in [1.54, 1.807) is 0 Å². The van der Waals surface area contributed by atoms with E-state index < -0.39 is 0 Å². The van der Waals surface area contributed by atoms with Gasteiger partial charge in [-0.05, 0) is 38.9 Å². The molecule has 2 aliphatic rings. The fourth-order valence-corrected chi connectivity index (χ4v) is 3.19. The van der Waals surface area contributed by atoms with Gasteiger partial charge in [0.05, 0.1) is 0 Å². The molecule has 1 atom stereocenters. The smallest absolute Gasteiger partial charge is 0.178 e. The Morgan fingerprint density at radius 1 is 1.17 bits per heavy atom. The van der Waals surface area contributed by atoms with Crippen molar-refractivity contribution in [3.8, 4) is 0 Å². The van der Waals surface area contributed by atoms with E-state index in [4.69, 9.17) is 5.10 Å². The normalized spacial score (nSPS) is 21.7. The molecule has 1 aliphatic heterocycles. The highest BCUT2D eigenvalue weighted by molar-refractivity contribution is 5.45. The highest BCUT2D eigenvalue weighted by Gasteiger charge is 2.29. The minimum Gasteiger partial charge on any atom is -0.365 e. The van der Waals surface area contributed by atoms with Crippen LogP contribution in [0, 0.1) is 0 Å². The van der Waals surface area contributed by atoms with Crippen molar-refractivity contribution in [2.75, 3.05) is 45.1 Å². The van der Waals surface area contributed by atoms with Crippen LogP contribution in [0.25, 0.3) is 5.65 Å². The molecule has 23 heavy (non-hydrogen) atoms. The van der Waals surface area contributed by atoms with Crippen LogP contribution in [-0.2, 0) is 0 Å². The Morgan fingerprint density at radius 3 is 2.70 bits per heavy atom. The monoisotopic (exact) mass is 315 g/mol. The lowest BCUT2D eigenvalue weighted by atomic mass is 10.2. The van der Waals surface area contributed by atoms with Crippen molar-refractivity contribution in [3.05, 3.63) is 18.0 Å². The van der Waals surface area contributed by atoms with Crippen LogP contribution in [0.2, 0.25) is 0 Å². The first kappa shape index (κ1) is 14.8. The summed E-state index contributed by atoms with van der Waals surface area (Å²) in [5.74, 6) is 2.46. The maximum atomic E-state index is 4.70. The summed E-state index contributed by atoms with van der Waals surface area (Å²) in [5, 5.41) is 16.7. The van der Waals surface area contributed by atoms with Crippen LogP contribution in [0.1, 0.15) is 31.5 Å². The third kappa shape index (κ3) is 3.30. The van der Waals surface area contributed by atoms with Crippen LogP contribution >= 0.6 is 0 Å². The molecule has 0 aromatic carbocycles. The van der Waals surface area contributed by atoms with Crippen LogP contribution in [0.4, 0.5) is 5.82 Å². The standard InChI is InChI=1S/C16H25N7/c1-12(11-22-9-7-21(2)8-10-22)17-14-5-6-15-18-19-16(13-3-4-13)23(15)20-14/h5-6,12-13H,3-4,7-11H2,1-2H3,(H,17,20). The van der Waals surface area contributed by atoms with E-state index >= 15 is 0 Å². The van der Waals surface area contributed by atoms with Crippen LogP contribution in [0.3, 0.4) is 0 Å². The number of anilines is 1. The van der Waals surface area contributed by atoms with Gasteiger partial charge in [0.2, 0.25) is 0 Å². The summed E-state index contributed by atoms with van der Waals surface area (Å²) in [6.45, 7) is 7.87. The predicted octanol–water partition coefficient (Wildman–Crippen LogP) is 1.05. The quantitative estimate of drug-likeness (QED) is 0.890.